The molecule has 0 radical (unpaired) electrons. The Labute approximate surface area is 106 Å². The number of carbonyl (C=O) groups is 1. The molecule has 17 heavy (non-hydrogen) atoms. The lowest BCUT2D eigenvalue weighted by Gasteiger charge is -2.25. The number of nitrogens with one attached hydrogen (secondary N) is 1. The van der Waals surface area contributed by atoms with Crippen molar-refractivity contribution in [1.82, 2.24) is 5.32 Å². The Kier molecular flexibility index (Phi) is 9.14. The maximum Gasteiger partial charge on any atom is 0.307 e. The van der Waals surface area contributed by atoms with Crippen LogP contribution >= 0.6 is 0 Å². The number of rotatable bonds is 10. The van der Waals surface area contributed by atoms with Crippen molar-refractivity contribution in [3.8, 4) is 0 Å². The minimum absolute atomic E-state index is 0.108. The molecule has 0 heterocycles. The van der Waals surface area contributed by atoms with E-state index < -0.39 is 0 Å². The molecule has 0 bridgehead atoms. The van der Waals surface area contributed by atoms with Gasteiger partial charge in [-0.3, -0.25) is 4.79 Å². The molecule has 0 fully saturated rings. The topological polar surface area (TPSA) is 38.3 Å². The largest absolute Gasteiger partial charge is 0.466 e. The van der Waals surface area contributed by atoms with E-state index in [1.54, 1.807) is 0 Å². The van der Waals surface area contributed by atoms with Crippen molar-refractivity contribution < 1.29 is 9.53 Å². The van der Waals surface area contributed by atoms with Crippen LogP contribution in [0.1, 0.15) is 59.8 Å². The third-order valence-corrected chi connectivity index (χ3v) is 2.87. The summed E-state index contributed by atoms with van der Waals surface area (Å²) in [6, 6.07) is 0. The van der Waals surface area contributed by atoms with Gasteiger partial charge in [0.2, 0.25) is 0 Å². The molecule has 0 amide bonds. The highest BCUT2D eigenvalue weighted by Crippen LogP contribution is 2.22. The van der Waals surface area contributed by atoms with Crippen molar-refractivity contribution in [1.29, 1.82) is 0 Å². The third kappa shape index (κ3) is 10.3. The van der Waals surface area contributed by atoms with Crippen LogP contribution in [0.15, 0.2) is 0 Å². The van der Waals surface area contributed by atoms with Gasteiger partial charge in [0.15, 0.2) is 0 Å². The summed E-state index contributed by atoms with van der Waals surface area (Å²) in [5.74, 6) is -0.108. The Hall–Kier alpha value is -0.570. The number of carbonyl (C=O) groups excluding carboxylic acids is 1. The molecular weight excluding hydrogens is 214 g/mol. The lowest BCUT2D eigenvalue weighted by Crippen LogP contribution is -2.31. The second kappa shape index (κ2) is 9.46. The molecule has 0 aromatic carbocycles. The average Bonchev–Trinajstić information content (AvgIpc) is 2.25. The molecule has 0 aliphatic heterocycles. The predicted octanol–water partition coefficient (Wildman–Crippen LogP) is 3.14. The third-order valence-electron chi connectivity index (χ3n) is 2.87. The first-order chi connectivity index (χ1) is 8.02. The molecule has 0 saturated heterocycles. The molecule has 0 saturated carbocycles. The maximum absolute atomic E-state index is 11.1. The van der Waals surface area contributed by atoms with Gasteiger partial charge < -0.3 is 10.1 Å². The summed E-state index contributed by atoms with van der Waals surface area (Å²) in [4.78, 5) is 11.1. The van der Waals surface area contributed by atoms with E-state index in [2.05, 4.69) is 26.1 Å². The fourth-order valence-electron chi connectivity index (χ4n) is 1.79. The van der Waals surface area contributed by atoms with Crippen molar-refractivity contribution in [3.05, 3.63) is 0 Å². The second-order valence-electron chi connectivity index (χ2n) is 5.35. The summed E-state index contributed by atoms with van der Waals surface area (Å²) in [5.41, 5.74) is 0.323. The first-order valence-electron chi connectivity index (χ1n) is 6.88. The van der Waals surface area contributed by atoms with E-state index in [1.165, 1.54) is 25.7 Å². The van der Waals surface area contributed by atoms with Gasteiger partial charge in [0.05, 0.1) is 13.0 Å². The van der Waals surface area contributed by atoms with Crippen LogP contribution in [0.2, 0.25) is 0 Å². The van der Waals surface area contributed by atoms with Gasteiger partial charge in [0.1, 0.15) is 0 Å². The van der Waals surface area contributed by atoms with E-state index in [1.807, 2.05) is 6.92 Å². The lowest BCUT2D eigenvalue weighted by atomic mass is 9.87. The Morgan fingerprint density at radius 3 is 2.53 bits per heavy atom. The van der Waals surface area contributed by atoms with Crippen LogP contribution in [-0.2, 0) is 9.53 Å². The number of esters is 1. The van der Waals surface area contributed by atoms with E-state index in [9.17, 15) is 4.79 Å². The van der Waals surface area contributed by atoms with E-state index in [4.69, 9.17) is 4.74 Å². The smallest absolute Gasteiger partial charge is 0.307 e. The fourth-order valence-corrected chi connectivity index (χ4v) is 1.79. The molecular formula is C14H29NO2. The van der Waals surface area contributed by atoms with Crippen molar-refractivity contribution in [2.45, 2.75) is 59.8 Å². The van der Waals surface area contributed by atoms with Crippen LogP contribution < -0.4 is 5.32 Å². The summed E-state index contributed by atoms with van der Waals surface area (Å²) >= 11 is 0. The highest BCUT2D eigenvalue weighted by Gasteiger charge is 2.16. The van der Waals surface area contributed by atoms with Crippen molar-refractivity contribution >= 4 is 5.97 Å². The standard InChI is InChI=1S/C14H29NO2/c1-5-7-8-10-14(3,4)12-15-11-9-13(16)17-6-2/h15H,5-12H2,1-4H3. The fraction of sp³-hybridized carbons (Fsp3) is 0.929. The molecule has 1 N–H and O–H groups in total. The first kappa shape index (κ1) is 16.4. The Bertz CT molecular complexity index is 202. The van der Waals surface area contributed by atoms with Gasteiger partial charge in [-0.15, -0.1) is 0 Å². The van der Waals surface area contributed by atoms with Gasteiger partial charge in [0, 0.05) is 13.1 Å². The molecule has 0 aliphatic carbocycles. The lowest BCUT2D eigenvalue weighted by molar-refractivity contribution is -0.143. The highest BCUT2D eigenvalue weighted by atomic mass is 16.5. The molecule has 0 unspecified atom stereocenters. The van der Waals surface area contributed by atoms with Gasteiger partial charge in [-0.2, -0.15) is 0 Å². The molecule has 0 atom stereocenters. The summed E-state index contributed by atoms with van der Waals surface area (Å²) in [7, 11) is 0. The monoisotopic (exact) mass is 243 g/mol. The first-order valence-corrected chi connectivity index (χ1v) is 6.88. The number of hydrogen-bond donors (Lipinski definition) is 1. The van der Waals surface area contributed by atoms with Gasteiger partial charge in [-0.25, -0.2) is 0 Å². The minimum atomic E-state index is -0.108. The van der Waals surface area contributed by atoms with Gasteiger partial charge in [-0.1, -0.05) is 40.0 Å². The molecule has 0 aromatic heterocycles. The average molecular weight is 243 g/mol. The summed E-state index contributed by atoms with van der Waals surface area (Å²) in [6.45, 7) is 10.8. The summed E-state index contributed by atoms with van der Waals surface area (Å²) in [5, 5.41) is 3.34. The van der Waals surface area contributed by atoms with Crippen molar-refractivity contribution in [2.75, 3.05) is 19.7 Å². The Balaban J connectivity index is 3.54. The van der Waals surface area contributed by atoms with E-state index in [0.29, 0.717) is 18.4 Å². The molecule has 0 aromatic rings. The van der Waals surface area contributed by atoms with Crippen LogP contribution in [0.3, 0.4) is 0 Å². The maximum atomic E-state index is 11.1. The van der Waals surface area contributed by atoms with Gasteiger partial charge in [-0.05, 0) is 18.8 Å². The highest BCUT2D eigenvalue weighted by molar-refractivity contribution is 5.69. The second-order valence-corrected chi connectivity index (χ2v) is 5.35. The van der Waals surface area contributed by atoms with Crippen LogP contribution in [0.5, 0.6) is 0 Å². The van der Waals surface area contributed by atoms with Crippen molar-refractivity contribution in [3.63, 3.8) is 0 Å². The van der Waals surface area contributed by atoms with Crippen molar-refractivity contribution in [2.24, 2.45) is 5.41 Å². The molecule has 0 rings (SSSR count). The zero-order chi connectivity index (χ0) is 13.1. The Morgan fingerprint density at radius 1 is 1.24 bits per heavy atom. The van der Waals surface area contributed by atoms with Crippen LogP contribution in [0, 0.1) is 5.41 Å². The normalized spacial score (nSPS) is 11.5. The van der Waals surface area contributed by atoms with E-state index in [-0.39, 0.29) is 5.97 Å². The SMILES string of the molecule is CCCCCC(C)(C)CNCCC(=O)OCC. The Morgan fingerprint density at radius 2 is 1.94 bits per heavy atom. The number of ether oxygens (including phenoxy) is 1. The van der Waals surface area contributed by atoms with Crippen LogP contribution in [-0.4, -0.2) is 25.7 Å². The van der Waals surface area contributed by atoms with Gasteiger partial charge in [0.25, 0.3) is 0 Å². The van der Waals surface area contributed by atoms with Crippen LogP contribution in [0.4, 0.5) is 0 Å². The van der Waals surface area contributed by atoms with E-state index in [0.717, 1.165) is 13.1 Å². The molecule has 0 aliphatic rings. The van der Waals surface area contributed by atoms with Gasteiger partial charge >= 0.3 is 5.97 Å². The molecule has 3 nitrogen and oxygen atoms in total. The molecule has 102 valence electrons. The van der Waals surface area contributed by atoms with Crippen LogP contribution in [0.25, 0.3) is 0 Å². The summed E-state index contributed by atoms with van der Waals surface area (Å²) < 4.78 is 4.87. The zero-order valence-corrected chi connectivity index (χ0v) is 12.0. The molecule has 3 heteroatoms. The quantitative estimate of drug-likeness (QED) is 0.473. The zero-order valence-electron chi connectivity index (χ0n) is 12.0. The minimum Gasteiger partial charge on any atom is -0.466 e. The predicted molar refractivity (Wildman–Crippen MR) is 72.0 cm³/mol. The number of unbranched alkanes of at least 4 members (excludes halogenated alkanes) is 2. The van der Waals surface area contributed by atoms with E-state index >= 15 is 0 Å². The number of hydrogen-bond acceptors (Lipinski definition) is 3. The molecule has 0 spiro atoms. The summed E-state index contributed by atoms with van der Waals surface area (Å²) in [6.07, 6.45) is 5.59.